The summed E-state index contributed by atoms with van der Waals surface area (Å²) in [6.45, 7) is 7.71. The first-order valence-corrected chi connectivity index (χ1v) is 10.3. The van der Waals surface area contributed by atoms with Crippen LogP contribution in [0.1, 0.15) is 42.9 Å². The van der Waals surface area contributed by atoms with Gasteiger partial charge in [-0.1, -0.05) is 42.8 Å². The molecule has 1 fully saturated rings. The Balaban J connectivity index is 1.51. The first-order chi connectivity index (χ1) is 13.7. The van der Waals surface area contributed by atoms with Gasteiger partial charge in [-0.3, -0.25) is 4.90 Å². The molecule has 28 heavy (non-hydrogen) atoms. The zero-order valence-corrected chi connectivity index (χ0v) is 16.8. The molecule has 2 aromatic rings. The highest BCUT2D eigenvalue weighted by Crippen LogP contribution is 2.14. The van der Waals surface area contributed by atoms with E-state index in [0.717, 1.165) is 31.2 Å². The first kappa shape index (κ1) is 20.2. The topological polar surface area (TPSA) is 59.9 Å². The van der Waals surface area contributed by atoms with Crippen LogP contribution in [0.2, 0.25) is 0 Å². The highest BCUT2D eigenvalue weighted by molar-refractivity contribution is 5.79. The number of nitrogens with zero attached hydrogens (tertiary/aromatic N) is 2. The third-order valence-corrected chi connectivity index (χ3v) is 5.04. The van der Waals surface area contributed by atoms with Gasteiger partial charge in [-0.25, -0.2) is 4.99 Å². The molecule has 1 aliphatic rings. The lowest BCUT2D eigenvalue weighted by Gasteiger charge is -2.26. The molecule has 0 radical (unpaired) electrons. The summed E-state index contributed by atoms with van der Waals surface area (Å²) in [6, 6.07) is 16.1. The number of guanidine groups is 1. The molecule has 1 heterocycles. The largest absolute Gasteiger partial charge is 0.508 e. The highest BCUT2D eigenvalue weighted by Gasteiger charge is 2.10. The smallest absolute Gasteiger partial charge is 0.191 e. The Labute approximate surface area is 168 Å². The highest BCUT2D eigenvalue weighted by atomic mass is 16.3. The molecule has 0 aromatic heterocycles. The average molecular weight is 381 g/mol. The van der Waals surface area contributed by atoms with Gasteiger partial charge < -0.3 is 15.7 Å². The van der Waals surface area contributed by atoms with Crippen LogP contribution in [-0.4, -0.2) is 35.6 Å². The Bertz CT molecular complexity index is 734. The molecule has 2 aromatic carbocycles. The summed E-state index contributed by atoms with van der Waals surface area (Å²) < 4.78 is 0. The van der Waals surface area contributed by atoms with E-state index in [-0.39, 0.29) is 5.75 Å². The summed E-state index contributed by atoms with van der Waals surface area (Å²) in [5, 5.41) is 16.1. The summed E-state index contributed by atoms with van der Waals surface area (Å²) in [5.74, 6) is 1.08. The van der Waals surface area contributed by atoms with Crippen LogP contribution in [0.15, 0.2) is 53.5 Å². The van der Waals surface area contributed by atoms with Crippen LogP contribution < -0.4 is 10.6 Å². The van der Waals surface area contributed by atoms with Gasteiger partial charge >= 0.3 is 0 Å². The normalized spacial score (nSPS) is 15.4. The number of nitrogens with one attached hydrogen (secondary N) is 2. The van der Waals surface area contributed by atoms with Crippen molar-refractivity contribution in [3.8, 4) is 5.75 Å². The molecule has 0 bridgehead atoms. The number of hydrogen-bond acceptors (Lipinski definition) is 3. The van der Waals surface area contributed by atoms with E-state index >= 15 is 0 Å². The third kappa shape index (κ3) is 6.57. The quantitative estimate of drug-likeness (QED) is 0.507. The monoisotopic (exact) mass is 380 g/mol. The molecule has 1 aliphatic heterocycles. The minimum atomic E-state index is 0.279. The van der Waals surface area contributed by atoms with E-state index in [1.807, 2.05) is 12.1 Å². The Morgan fingerprint density at radius 3 is 2.21 bits per heavy atom. The lowest BCUT2D eigenvalue weighted by Crippen LogP contribution is -2.36. The van der Waals surface area contributed by atoms with Crippen molar-refractivity contribution >= 4 is 5.96 Å². The van der Waals surface area contributed by atoms with E-state index in [1.165, 1.54) is 43.5 Å². The predicted octanol–water partition coefficient (Wildman–Crippen LogP) is 3.63. The van der Waals surface area contributed by atoms with Crippen LogP contribution in [0, 0.1) is 0 Å². The molecular formula is C23H32N4O. The van der Waals surface area contributed by atoms with Crippen molar-refractivity contribution in [3.05, 3.63) is 65.2 Å². The van der Waals surface area contributed by atoms with E-state index in [9.17, 15) is 5.11 Å². The molecule has 3 N–H and O–H groups in total. The Hall–Kier alpha value is -2.53. The molecule has 5 nitrogen and oxygen atoms in total. The standard InChI is InChI=1S/C23H32N4O/c1-2-24-23(26-17-20-10-12-22(28)13-11-20)25-16-19-6-8-21(9-7-19)18-27-14-4-3-5-15-27/h6-13,28H,2-5,14-18H2,1H3,(H2,24,25,26). The average Bonchev–Trinajstić information content (AvgIpc) is 2.73. The second-order valence-corrected chi connectivity index (χ2v) is 7.37. The van der Waals surface area contributed by atoms with Crippen LogP contribution in [-0.2, 0) is 19.6 Å². The molecule has 5 heteroatoms. The Kier molecular flexibility index (Phi) is 7.73. The SMILES string of the molecule is CCNC(=NCc1ccc(O)cc1)NCc1ccc(CN2CCCCC2)cc1. The molecule has 0 aliphatic carbocycles. The summed E-state index contributed by atoms with van der Waals surface area (Å²) in [6.07, 6.45) is 4.04. The molecule has 1 saturated heterocycles. The molecular weight excluding hydrogens is 348 g/mol. The van der Waals surface area contributed by atoms with Crippen LogP contribution >= 0.6 is 0 Å². The summed E-state index contributed by atoms with van der Waals surface area (Å²) in [7, 11) is 0. The lowest BCUT2D eigenvalue weighted by atomic mass is 10.1. The lowest BCUT2D eigenvalue weighted by molar-refractivity contribution is 0.221. The maximum atomic E-state index is 9.38. The maximum Gasteiger partial charge on any atom is 0.191 e. The summed E-state index contributed by atoms with van der Waals surface area (Å²) in [4.78, 5) is 7.18. The fraction of sp³-hybridized carbons (Fsp3) is 0.435. The van der Waals surface area contributed by atoms with Gasteiger partial charge in [0.1, 0.15) is 5.75 Å². The first-order valence-electron chi connectivity index (χ1n) is 10.3. The van der Waals surface area contributed by atoms with E-state index in [1.54, 1.807) is 12.1 Å². The number of rotatable bonds is 7. The van der Waals surface area contributed by atoms with Gasteiger partial charge in [-0.15, -0.1) is 0 Å². The van der Waals surface area contributed by atoms with Gasteiger partial charge in [0.25, 0.3) is 0 Å². The number of benzene rings is 2. The molecule has 0 saturated carbocycles. The van der Waals surface area contributed by atoms with Gasteiger partial charge in [-0.2, -0.15) is 0 Å². The molecule has 150 valence electrons. The van der Waals surface area contributed by atoms with E-state index in [4.69, 9.17) is 0 Å². The number of aromatic hydroxyl groups is 1. The summed E-state index contributed by atoms with van der Waals surface area (Å²) >= 11 is 0. The minimum absolute atomic E-state index is 0.279. The van der Waals surface area contributed by atoms with E-state index < -0.39 is 0 Å². The van der Waals surface area contributed by atoms with Crippen LogP contribution in [0.4, 0.5) is 0 Å². The Morgan fingerprint density at radius 2 is 1.54 bits per heavy atom. The van der Waals surface area contributed by atoms with Crippen LogP contribution in [0.25, 0.3) is 0 Å². The Morgan fingerprint density at radius 1 is 0.893 bits per heavy atom. The number of likely N-dealkylation sites (tertiary alicyclic amines) is 1. The number of piperidine rings is 1. The fourth-order valence-electron chi connectivity index (χ4n) is 3.44. The van der Waals surface area contributed by atoms with Crippen molar-refractivity contribution in [3.63, 3.8) is 0 Å². The van der Waals surface area contributed by atoms with Crippen molar-refractivity contribution in [2.75, 3.05) is 19.6 Å². The number of phenolic OH excluding ortho intramolecular Hbond substituents is 1. The second-order valence-electron chi connectivity index (χ2n) is 7.37. The molecule has 0 atom stereocenters. The van der Waals surface area contributed by atoms with Gasteiger partial charge in [0.2, 0.25) is 0 Å². The minimum Gasteiger partial charge on any atom is -0.508 e. The fourth-order valence-corrected chi connectivity index (χ4v) is 3.44. The van der Waals surface area contributed by atoms with Crippen molar-refractivity contribution in [1.82, 2.24) is 15.5 Å². The molecule has 0 unspecified atom stereocenters. The van der Waals surface area contributed by atoms with Crippen LogP contribution in [0.5, 0.6) is 5.75 Å². The number of hydrogen-bond donors (Lipinski definition) is 3. The van der Waals surface area contributed by atoms with Crippen molar-refractivity contribution in [1.29, 1.82) is 0 Å². The van der Waals surface area contributed by atoms with Crippen molar-refractivity contribution < 1.29 is 5.11 Å². The zero-order valence-electron chi connectivity index (χ0n) is 16.8. The van der Waals surface area contributed by atoms with E-state index in [2.05, 4.69) is 51.7 Å². The number of phenols is 1. The third-order valence-electron chi connectivity index (χ3n) is 5.04. The van der Waals surface area contributed by atoms with E-state index in [0.29, 0.717) is 6.54 Å². The summed E-state index contributed by atoms with van der Waals surface area (Å²) in [5.41, 5.74) is 3.70. The predicted molar refractivity (Wildman–Crippen MR) is 115 cm³/mol. The maximum absolute atomic E-state index is 9.38. The number of aliphatic imine (C=N–C) groups is 1. The van der Waals surface area contributed by atoms with Crippen molar-refractivity contribution in [2.24, 2.45) is 4.99 Å². The van der Waals surface area contributed by atoms with Gasteiger partial charge in [0, 0.05) is 19.6 Å². The van der Waals surface area contributed by atoms with Gasteiger partial charge in [0.05, 0.1) is 6.54 Å². The second kappa shape index (κ2) is 10.7. The van der Waals surface area contributed by atoms with Gasteiger partial charge in [-0.05, 0) is 61.7 Å². The molecule has 0 spiro atoms. The van der Waals surface area contributed by atoms with Gasteiger partial charge in [0.15, 0.2) is 5.96 Å². The molecule has 0 amide bonds. The molecule has 3 rings (SSSR count). The van der Waals surface area contributed by atoms with Crippen molar-refractivity contribution in [2.45, 2.75) is 45.8 Å². The zero-order chi connectivity index (χ0) is 19.6. The van der Waals surface area contributed by atoms with Crippen LogP contribution in [0.3, 0.4) is 0 Å².